The number of para-hydroxylation sites is 2. The first kappa shape index (κ1) is 22.4. The van der Waals surface area contributed by atoms with Gasteiger partial charge in [0, 0.05) is 13.0 Å². The highest BCUT2D eigenvalue weighted by molar-refractivity contribution is 5.76. The van der Waals surface area contributed by atoms with E-state index in [9.17, 15) is 14.3 Å². The summed E-state index contributed by atoms with van der Waals surface area (Å²) in [4.78, 5) is 27.0. The standard InChI is InChI=1S/C22H24FN3O2.CH2O2/c1-14-7-8-16(13-17(14)23)20(22(27)28)26-11-9-15(10-12-26)21-24-18-5-3-4-6-19(18)25(21)2;2-1-3/h3-8,13,15,20H,9-12H2,1-2H3,(H,27,28);1H,(H,2,3). The lowest BCUT2D eigenvalue weighted by atomic mass is 9.93. The number of piperidine rings is 1. The number of carboxylic acid groups (broad SMARTS) is 2. The fourth-order valence-electron chi connectivity index (χ4n) is 4.23. The van der Waals surface area contributed by atoms with Crippen LogP contribution >= 0.6 is 0 Å². The van der Waals surface area contributed by atoms with E-state index in [2.05, 4.69) is 10.6 Å². The third-order valence-electron chi connectivity index (χ3n) is 5.83. The normalized spacial score (nSPS) is 15.8. The Hall–Kier alpha value is -3.26. The fraction of sp³-hybridized carbons (Fsp3) is 0.348. The number of hydrogen-bond donors (Lipinski definition) is 2. The Morgan fingerprint density at radius 1 is 1.23 bits per heavy atom. The molecule has 0 amide bonds. The molecule has 7 nitrogen and oxygen atoms in total. The number of carbonyl (C=O) groups is 2. The van der Waals surface area contributed by atoms with Crippen molar-refractivity contribution in [3.63, 3.8) is 0 Å². The van der Waals surface area contributed by atoms with Gasteiger partial charge in [0.05, 0.1) is 11.0 Å². The van der Waals surface area contributed by atoms with Gasteiger partial charge in [-0.1, -0.05) is 24.3 Å². The zero-order valence-electron chi connectivity index (χ0n) is 17.5. The molecule has 4 rings (SSSR count). The summed E-state index contributed by atoms with van der Waals surface area (Å²) in [5, 5.41) is 16.7. The van der Waals surface area contributed by atoms with Gasteiger partial charge in [0.2, 0.25) is 0 Å². The van der Waals surface area contributed by atoms with Crippen LogP contribution in [0.5, 0.6) is 0 Å². The number of carboxylic acids is 1. The van der Waals surface area contributed by atoms with Crippen molar-refractivity contribution in [2.75, 3.05) is 13.1 Å². The average molecular weight is 427 g/mol. The molecule has 31 heavy (non-hydrogen) atoms. The van der Waals surface area contributed by atoms with Crippen molar-refractivity contribution in [1.29, 1.82) is 0 Å². The van der Waals surface area contributed by atoms with E-state index < -0.39 is 12.0 Å². The maximum atomic E-state index is 14.0. The summed E-state index contributed by atoms with van der Waals surface area (Å²) in [6.45, 7) is 2.71. The predicted molar refractivity (Wildman–Crippen MR) is 114 cm³/mol. The van der Waals surface area contributed by atoms with E-state index in [0.29, 0.717) is 24.2 Å². The molecule has 164 valence electrons. The summed E-state index contributed by atoms with van der Waals surface area (Å²) in [6.07, 6.45) is 1.66. The summed E-state index contributed by atoms with van der Waals surface area (Å²) in [5.74, 6) is 0.0368. The van der Waals surface area contributed by atoms with Crippen molar-refractivity contribution in [2.24, 2.45) is 7.05 Å². The van der Waals surface area contributed by atoms with Crippen LogP contribution in [0.25, 0.3) is 11.0 Å². The first-order valence-corrected chi connectivity index (χ1v) is 10.1. The van der Waals surface area contributed by atoms with Gasteiger partial charge in [-0.2, -0.15) is 0 Å². The molecular formula is C23H26FN3O4. The quantitative estimate of drug-likeness (QED) is 0.616. The SMILES string of the molecule is Cc1ccc(C(C(=O)O)N2CCC(c3nc4ccccc4n3C)CC2)cc1F.O=CO. The van der Waals surface area contributed by atoms with Gasteiger partial charge in [0.25, 0.3) is 6.47 Å². The van der Waals surface area contributed by atoms with Gasteiger partial charge in [-0.05, 0) is 62.2 Å². The highest BCUT2D eigenvalue weighted by atomic mass is 19.1. The maximum Gasteiger partial charge on any atom is 0.325 e. The molecule has 1 fully saturated rings. The van der Waals surface area contributed by atoms with Gasteiger partial charge in [-0.3, -0.25) is 14.5 Å². The number of halogens is 1. The number of aliphatic carboxylic acids is 1. The first-order chi connectivity index (χ1) is 14.9. The van der Waals surface area contributed by atoms with Gasteiger partial charge < -0.3 is 14.8 Å². The van der Waals surface area contributed by atoms with E-state index in [1.54, 1.807) is 19.1 Å². The van der Waals surface area contributed by atoms with Crippen LogP contribution in [0.15, 0.2) is 42.5 Å². The Labute approximate surface area is 179 Å². The van der Waals surface area contributed by atoms with Crippen LogP contribution in [0.4, 0.5) is 4.39 Å². The van der Waals surface area contributed by atoms with Gasteiger partial charge in [-0.25, -0.2) is 9.37 Å². The third-order valence-corrected chi connectivity index (χ3v) is 5.83. The Morgan fingerprint density at radius 2 is 1.87 bits per heavy atom. The zero-order valence-corrected chi connectivity index (χ0v) is 17.5. The van der Waals surface area contributed by atoms with Crippen LogP contribution in [0.2, 0.25) is 0 Å². The van der Waals surface area contributed by atoms with Crippen molar-refractivity contribution in [1.82, 2.24) is 14.5 Å². The largest absolute Gasteiger partial charge is 0.483 e. The number of nitrogens with zero attached hydrogens (tertiary/aromatic N) is 3. The number of imidazole rings is 1. The van der Waals surface area contributed by atoms with Crippen molar-refractivity contribution >= 4 is 23.5 Å². The summed E-state index contributed by atoms with van der Waals surface area (Å²) >= 11 is 0. The number of aryl methyl sites for hydroxylation is 2. The van der Waals surface area contributed by atoms with Crippen molar-refractivity contribution < 1.29 is 24.2 Å². The average Bonchev–Trinajstić information content (AvgIpc) is 3.08. The smallest absolute Gasteiger partial charge is 0.325 e. The molecular weight excluding hydrogens is 401 g/mol. The molecule has 0 bridgehead atoms. The van der Waals surface area contributed by atoms with Crippen molar-refractivity contribution in [2.45, 2.75) is 31.7 Å². The van der Waals surface area contributed by atoms with E-state index >= 15 is 0 Å². The lowest BCUT2D eigenvalue weighted by Gasteiger charge is -2.35. The third kappa shape index (κ3) is 4.74. The number of benzene rings is 2. The Kier molecular flexibility index (Phi) is 7.02. The van der Waals surface area contributed by atoms with Crippen molar-refractivity contribution in [3.8, 4) is 0 Å². The van der Waals surface area contributed by atoms with Crippen LogP contribution < -0.4 is 0 Å². The minimum Gasteiger partial charge on any atom is -0.483 e. The molecule has 0 aliphatic carbocycles. The second kappa shape index (κ2) is 9.70. The van der Waals surface area contributed by atoms with E-state index in [1.807, 2.05) is 30.1 Å². The molecule has 1 aromatic heterocycles. The zero-order chi connectivity index (χ0) is 22.5. The Morgan fingerprint density at radius 3 is 2.45 bits per heavy atom. The summed E-state index contributed by atoms with van der Waals surface area (Å²) in [5.41, 5.74) is 3.12. The Balaban J connectivity index is 0.000000858. The highest BCUT2D eigenvalue weighted by Gasteiger charge is 2.33. The molecule has 8 heteroatoms. The van der Waals surface area contributed by atoms with Crippen LogP contribution in [-0.4, -0.2) is 50.2 Å². The lowest BCUT2D eigenvalue weighted by molar-refractivity contribution is -0.144. The number of rotatable bonds is 4. The number of aromatic nitrogens is 2. The monoisotopic (exact) mass is 427 g/mol. The van der Waals surface area contributed by atoms with Crippen LogP contribution in [0, 0.1) is 12.7 Å². The van der Waals surface area contributed by atoms with E-state index in [1.165, 1.54) is 6.07 Å². The molecule has 2 heterocycles. The molecule has 2 N–H and O–H groups in total. The number of fused-ring (bicyclic) bond motifs is 1. The predicted octanol–water partition coefficient (Wildman–Crippen LogP) is 3.73. The molecule has 0 saturated carbocycles. The molecule has 1 aliphatic rings. The summed E-state index contributed by atoms with van der Waals surface area (Å²) < 4.78 is 16.1. The minimum absolute atomic E-state index is 0.250. The Bertz CT molecular complexity index is 1070. The van der Waals surface area contributed by atoms with Crippen LogP contribution in [-0.2, 0) is 16.6 Å². The molecule has 3 aromatic rings. The lowest BCUT2D eigenvalue weighted by Crippen LogP contribution is -2.40. The molecule has 0 spiro atoms. The van der Waals surface area contributed by atoms with Crippen LogP contribution in [0.3, 0.4) is 0 Å². The van der Waals surface area contributed by atoms with Gasteiger partial charge >= 0.3 is 5.97 Å². The van der Waals surface area contributed by atoms with E-state index in [-0.39, 0.29) is 18.2 Å². The molecule has 1 saturated heterocycles. The molecule has 0 radical (unpaired) electrons. The van der Waals surface area contributed by atoms with E-state index in [4.69, 9.17) is 14.9 Å². The van der Waals surface area contributed by atoms with Gasteiger partial charge in [0.15, 0.2) is 0 Å². The maximum absolute atomic E-state index is 14.0. The second-order valence-electron chi connectivity index (χ2n) is 7.68. The summed E-state index contributed by atoms with van der Waals surface area (Å²) in [7, 11) is 2.03. The number of hydrogen-bond acceptors (Lipinski definition) is 4. The fourth-order valence-corrected chi connectivity index (χ4v) is 4.23. The van der Waals surface area contributed by atoms with Gasteiger partial charge in [0.1, 0.15) is 17.7 Å². The number of likely N-dealkylation sites (tertiary alicyclic amines) is 1. The highest BCUT2D eigenvalue weighted by Crippen LogP contribution is 2.33. The molecule has 1 aliphatic heterocycles. The van der Waals surface area contributed by atoms with Crippen LogP contribution in [0.1, 0.15) is 41.8 Å². The van der Waals surface area contributed by atoms with Crippen molar-refractivity contribution in [3.05, 3.63) is 65.2 Å². The molecule has 1 unspecified atom stereocenters. The minimum atomic E-state index is -0.940. The summed E-state index contributed by atoms with van der Waals surface area (Å²) in [6, 6.07) is 12.0. The second-order valence-corrected chi connectivity index (χ2v) is 7.68. The molecule has 2 aromatic carbocycles. The van der Waals surface area contributed by atoms with E-state index in [0.717, 1.165) is 29.7 Å². The topological polar surface area (TPSA) is 95.7 Å². The molecule has 1 atom stereocenters. The van der Waals surface area contributed by atoms with Gasteiger partial charge in [-0.15, -0.1) is 0 Å². The first-order valence-electron chi connectivity index (χ1n) is 10.1.